The Balaban J connectivity index is 1.74. The number of likely N-dealkylation sites (tertiary alicyclic amines) is 1. The summed E-state index contributed by atoms with van der Waals surface area (Å²) < 4.78 is 0. The molecule has 1 heterocycles. The van der Waals surface area contributed by atoms with E-state index in [9.17, 15) is 9.59 Å². The molecule has 0 aromatic carbocycles. The predicted octanol–water partition coefficient (Wildman–Crippen LogP) is 2.66. The summed E-state index contributed by atoms with van der Waals surface area (Å²) in [6, 6.07) is 0.370. The second-order valence-electron chi connectivity index (χ2n) is 6.92. The molecule has 1 saturated carbocycles. The first-order valence-electron chi connectivity index (χ1n) is 8.94. The van der Waals surface area contributed by atoms with Crippen LogP contribution in [-0.4, -0.2) is 42.0 Å². The largest absolute Gasteiger partial charge is 0.335 e. The van der Waals surface area contributed by atoms with E-state index < -0.39 is 0 Å². The number of nitrogens with one attached hydrogen (secondary N) is 2. The van der Waals surface area contributed by atoms with Crippen LogP contribution in [0.15, 0.2) is 0 Å². The normalized spacial score (nSPS) is 29.8. The lowest BCUT2D eigenvalue weighted by molar-refractivity contribution is -0.122. The number of carbonyl (C=O) groups is 2. The number of carbonyl (C=O) groups excluding carboxylic acids is 2. The Labute approximate surface area is 134 Å². The van der Waals surface area contributed by atoms with Crippen LogP contribution < -0.4 is 10.6 Å². The summed E-state index contributed by atoms with van der Waals surface area (Å²) in [5.41, 5.74) is 0. The van der Waals surface area contributed by atoms with Gasteiger partial charge in [-0.05, 0) is 44.6 Å². The highest BCUT2D eigenvalue weighted by Gasteiger charge is 2.25. The molecule has 1 saturated heterocycles. The van der Waals surface area contributed by atoms with Crippen molar-refractivity contribution in [3.05, 3.63) is 0 Å². The monoisotopic (exact) mass is 309 g/mol. The number of hydrogen-bond donors (Lipinski definition) is 2. The van der Waals surface area contributed by atoms with Gasteiger partial charge in [-0.25, -0.2) is 4.79 Å². The van der Waals surface area contributed by atoms with Crippen molar-refractivity contribution in [2.45, 2.75) is 77.3 Å². The highest BCUT2D eigenvalue weighted by Crippen LogP contribution is 2.23. The molecule has 3 unspecified atom stereocenters. The van der Waals surface area contributed by atoms with E-state index in [0.717, 1.165) is 45.1 Å². The third-order valence-electron chi connectivity index (χ3n) is 5.25. The Bertz CT molecular complexity index is 386. The molecule has 0 spiro atoms. The minimum atomic E-state index is -0.325. The third-order valence-corrected chi connectivity index (χ3v) is 5.25. The maximum absolute atomic E-state index is 12.1. The zero-order chi connectivity index (χ0) is 15.9. The van der Waals surface area contributed by atoms with E-state index >= 15 is 0 Å². The Morgan fingerprint density at radius 3 is 2.55 bits per heavy atom. The van der Waals surface area contributed by atoms with E-state index in [4.69, 9.17) is 0 Å². The van der Waals surface area contributed by atoms with Gasteiger partial charge in [0.1, 0.15) is 0 Å². The van der Waals surface area contributed by atoms with Gasteiger partial charge in [0.2, 0.25) is 5.91 Å². The molecule has 22 heavy (non-hydrogen) atoms. The maximum atomic E-state index is 12.1. The van der Waals surface area contributed by atoms with Crippen molar-refractivity contribution in [1.82, 2.24) is 15.5 Å². The number of amides is 3. The van der Waals surface area contributed by atoms with Crippen molar-refractivity contribution in [2.24, 2.45) is 5.92 Å². The molecule has 0 aromatic heterocycles. The van der Waals surface area contributed by atoms with E-state index in [1.807, 2.05) is 0 Å². The molecule has 2 N–H and O–H groups in total. The number of nitrogens with zero attached hydrogens (tertiary/aromatic N) is 1. The third kappa shape index (κ3) is 4.97. The Kier molecular flexibility index (Phi) is 6.68. The standard InChI is InChI=1S/C17H31N3O2/c1-3-14-9-6-7-11-20(14)12-16(21)19-17(22)18-15-10-5-4-8-13(15)2/h13-15H,3-12H2,1-2H3,(H2,18,19,21,22). The van der Waals surface area contributed by atoms with Crippen molar-refractivity contribution in [1.29, 1.82) is 0 Å². The Morgan fingerprint density at radius 2 is 1.82 bits per heavy atom. The maximum Gasteiger partial charge on any atom is 0.321 e. The van der Waals surface area contributed by atoms with Gasteiger partial charge in [-0.15, -0.1) is 0 Å². The first kappa shape index (κ1) is 17.3. The van der Waals surface area contributed by atoms with Crippen LogP contribution in [0.4, 0.5) is 4.79 Å². The van der Waals surface area contributed by atoms with Crippen molar-refractivity contribution < 1.29 is 9.59 Å². The molecular weight excluding hydrogens is 278 g/mol. The lowest BCUT2D eigenvalue weighted by Crippen LogP contribution is -2.51. The molecule has 126 valence electrons. The van der Waals surface area contributed by atoms with Gasteiger partial charge in [-0.1, -0.05) is 33.1 Å². The minimum Gasteiger partial charge on any atom is -0.335 e. The lowest BCUT2D eigenvalue weighted by atomic mass is 9.86. The number of hydrogen-bond acceptors (Lipinski definition) is 3. The van der Waals surface area contributed by atoms with Crippen LogP contribution in [0.2, 0.25) is 0 Å². The molecule has 3 amide bonds. The van der Waals surface area contributed by atoms with Crippen molar-refractivity contribution in [2.75, 3.05) is 13.1 Å². The predicted molar refractivity (Wildman–Crippen MR) is 87.6 cm³/mol. The molecule has 0 bridgehead atoms. The second-order valence-corrected chi connectivity index (χ2v) is 6.92. The van der Waals surface area contributed by atoms with Gasteiger partial charge in [-0.3, -0.25) is 15.0 Å². The zero-order valence-corrected chi connectivity index (χ0v) is 14.1. The molecule has 5 nitrogen and oxygen atoms in total. The molecule has 0 aromatic rings. The molecule has 1 aliphatic heterocycles. The van der Waals surface area contributed by atoms with Gasteiger partial charge < -0.3 is 5.32 Å². The number of rotatable bonds is 4. The summed E-state index contributed by atoms with van der Waals surface area (Å²) in [5.74, 6) is 0.322. The fourth-order valence-corrected chi connectivity index (χ4v) is 3.82. The lowest BCUT2D eigenvalue weighted by Gasteiger charge is -2.34. The number of urea groups is 1. The van der Waals surface area contributed by atoms with Crippen molar-refractivity contribution in [3.63, 3.8) is 0 Å². The van der Waals surface area contributed by atoms with Crippen molar-refractivity contribution >= 4 is 11.9 Å². The summed E-state index contributed by atoms with van der Waals surface area (Å²) >= 11 is 0. The van der Waals surface area contributed by atoms with E-state index in [0.29, 0.717) is 18.5 Å². The van der Waals surface area contributed by atoms with Gasteiger partial charge in [0, 0.05) is 12.1 Å². The van der Waals surface area contributed by atoms with Crippen LogP contribution in [0.25, 0.3) is 0 Å². The fourth-order valence-electron chi connectivity index (χ4n) is 3.82. The van der Waals surface area contributed by atoms with Gasteiger partial charge in [0.25, 0.3) is 0 Å². The quantitative estimate of drug-likeness (QED) is 0.839. The van der Waals surface area contributed by atoms with Crippen molar-refractivity contribution in [3.8, 4) is 0 Å². The van der Waals surface area contributed by atoms with E-state index in [2.05, 4.69) is 29.4 Å². The SMILES string of the molecule is CCC1CCCCN1CC(=O)NC(=O)NC1CCCCC1C. The minimum absolute atomic E-state index is 0.179. The number of piperidine rings is 1. The molecular formula is C17H31N3O2. The summed E-state index contributed by atoms with van der Waals surface area (Å²) in [4.78, 5) is 26.3. The average molecular weight is 309 g/mol. The van der Waals surface area contributed by atoms with Crippen LogP contribution >= 0.6 is 0 Å². The van der Waals surface area contributed by atoms with E-state index in [1.165, 1.54) is 12.8 Å². The Morgan fingerprint density at radius 1 is 1.09 bits per heavy atom. The van der Waals surface area contributed by atoms with Crippen LogP contribution in [0.3, 0.4) is 0 Å². The smallest absolute Gasteiger partial charge is 0.321 e. The molecule has 5 heteroatoms. The van der Waals surface area contributed by atoms with Gasteiger partial charge in [0.05, 0.1) is 6.54 Å². The highest BCUT2D eigenvalue weighted by molar-refractivity contribution is 5.95. The highest BCUT2D eigenvalue weighted by atomic mass is 16.2. The molecule has 3 atom stereocenters. The zero-order valence-electron chi connectivity index (χ0n) is 14.1. The first-order chi connectivity index (χ1) is 10.6. The summed E-state index contributed by atoms with van der Waals surface area (Å²) in [6.45, 7) is 5.64. The van der Waals surface area contributed by atoms with Gasteiger partial charge >= 0.3 is 6.03 Å². The topological polar surface area (TPSA) is 61.4 Å². The molecule has 2 aliphatic rings. The fraction of sp³-hybridized carbons (Fsp3) is 0.882. The summed E-state index contributed by atoms with van der Waals surface area (Å²) in [5, 5.41) is 5.48. The molecule has 0 radical (unpaired) electrons. The second kappa shape index (κ2) is 8.51. The average Bonchev–Trinajstić information content (AvgIpc) is 2.50. The molecule has 2 fully saturated rings. The van der Waals surface area contributed by atoms with E-state index in [-0.39, 0.29) is 18.0 Å². The van der Waals surface area contributed by atoms with Gasteiger partial charge in [-0.2, -0.15) is 0 Å². The summed E-state index contributed by atoms with van der Waals surface area (Å²) in [6.07, 6.45) is 9.21. The molecule has 2 rings (SSSR count). The first-order valence-corrected chi connectivity index (χ1v) is 8.94. The van der Waals surface area contributed by atoms with Crippen LogP contribution in [0.1, 0.15) is 65.2 Å². The van der Waals surface area contributed by atoms with Crippen LogP contribution in [0, 0.1) is 5.92 Å². The van der Waals surface area contributed by atoms with Crippen LogP contribution in [0.5, 0.6) is 0 Å². The molecule has 1 aliphatic carbocycles. The number of imide groups is 1. The summed E-state index contributed by atoms with van der Waals surface area (Å²) in [7, 11) is 0. The van der Waals surface area contributed by atoms with E-state index in [1.54, 1.807) is 0 Å². The van der Waals surface area contributed by atoms with Gasteiger partial charge in [0.15, 0.2) is 0 Å². The Hall–Kier alpha value is -1.10. The van der Waals surface area contributed by atoms with Crippen LogP contribution in [-0.2, 0) is 4.79 Å².